The first kappa shape index (κ1) is 42.0. The zero-order chi connectivity index (χ0) is 41.0. The number of carbonyl (C=O) groups is 1. The number of aryl methyl sites for hydroxylation is 4. The van der Waals surface area contributed by atoms with Crippen LogP contribution in [0.3, 0.4) is 0 Å². The molecule has 3 aliphatic heterocycles. The van der Waals surface area contributed by atoms with Crippen LogP contribution in [0, 0.1) is 20.8 Å². The van der Waals surface area contributed by atoms with Crippen molar-refractivity contribution >= 4 is 38.9 Å². The number of hydrogen-bond acceptors (Lipinski definition) is 7. The van der Waals surface area contributed by atoms with E-state index in [0.717, 1.165) is 95.8 Å². The van der Waals surface area contributed by atoms with Gasteiger partial charge >= 0.3 is 5.97 Å². The van der Waals surface area contributed by atoms with E-state index < -0.39 is 0 Å². The number of esters is 1. The molecule has 0 saturated heterocycles. The molecule has 10 heteroatoms. The van der Waals surface area contributed by atoms with Gasteiger partial charge in [0.1, 0.15) is 0 Å². The molecule has 0 spiro atoms. The van der Waals surface area contributed by atoms with Gasteiger partial charge < -0.3 is 29.7 Å². The number of aromatic amines is 2. The Balaban J connectivity index is 1.70. The Morgan fingerprint density at radius 1 is 0.842 bits per heavy atom. The van der Waals surface area contributed by atoms with E-state index >= 15 is 0 Å². The van der Waals surface area contributed by atoms with Gasteiger partial charge in [0.2, 0.25) is 11.8 Å². The SMILES string of the molecule is CCCCCCCn1c(O)c2c(C)c3cc4[nH]c(cc5[nH]c(cc6nc(c(c-2n3)c1O)[C@@H](CCC(=O)OC)[C@@H]6C)c(C)c5C(C)OCCCCCC)c(C)c4CC. The van der Waals surface area contributed by atoms with Gasteiger partial charge in [-0.05, 0) is 93.8 Å². The summed E-state index contributed by atoms with van der Waals surface area (Å²) in [5.74, 6) is -0.659. The minimum Gasteiger partial charge on any atom is -0.494 e. The third-order valence-corrected chi connectivity index (χ3v) is 12.5. The number of nitrogens with zero attached hydrogens (tertiary/aromatic N) is 3. The van der Waals surface area contributed by atoms with Crippen molar-refractivity contribution in [3.05, 3.63) is 57.4 Å². The predicted octanol–water partition coefficient (Wildman–Crippen LogP) is 11.9. The molecule has 10 nitrogen and oxygen atoms in total. The van der Waals surface area contributed by atoms with Gasteiger partial charge in [0.25, 0.3) is 0 Å². The summed E-state index contributed by atoms with van der Waals surface area (Å²) < 4.78 is 13.3. The molecule has 6 heterocycles. The average molecular weight is 780 g/mol. The number of fused-ring (bicyclic) bond motifs is 8. The van der Waals surface area contributed by atoms with Crippen molar-refractivity contribution < 1.29 is 24.5 Å². The molecule has 8 bridgehead atoms. The number of ether oxygens (including phenoxy) is 2. The van der Waals surface area contributed by atoms with Crippen LogP contribution in [0.1, 0.15) is 162 Å². The molecule has 57 heavy (non-hydrogen) atoms. The Hall–Kier alpha value is -4.57. The average Bonchev–Trinajstić information content (AvgIpc) is 3.87. The summed E-state index contributed by atoms with van der Waals surface area (Å²) in [5.41, 5.74) is 12.7. The molecule has 0 fully saturated rings. The summed E-state index contributed by atoms with van der Waals surface area (Å²) in [6, 6.07) is 6.41. The van der Waals surface area contributed by atoms with Crippen molar-refractivity contribution in [3.8, 4) is 23.0 Å². The van der Waals surface area contributed by atoms with E-state index in [2.05, 4.69) is 76.6 Å². The fourth-order valence-corrected chi connectivity index (χ4v) is 9.03. The summed E-state index contributed by atoms with van der Waals surface area (Å²) in [6.45, 7) is 18.3. The van der Waals surface area contributed by atoms with Crippen LogP contribution in [-0.2, 0) is 27.2 Å². The van der Waals surface area contributed by atoms with E-state index in [4.69, 9.17) is 19.4 Å². The van der Waals surface area contributed by atoms with Gasteiger partial charge in [0.15, 0.2) is 0 Å². The highest BCUT2D eigenvalue weighted by Crippen LogP contribution is 2.50. The minimum atomic E-state index is -0.292. The highest BCUT2D eigenvalue weighted by Gasteiger charge is 2.35. The zero-order valence-electron chi connectivity index (χ0n) is 35.8. The fraction of sp³-hybridized carbons (Fsp3) is 0.553. The van der Waals surface area contributed by atoms with Crippen LogP contribution in [-0.4, -0.2) is 54.4 Å². The molecule has 4 N–H and O–H groups in total. The number of aromatic hydroxyl groups is 2. The van der Waals surface area contributed by atoms with E-state index in [-0.39, 0.29) is 42.1 Å². The van der Waals surface area contributed by atoms with Crippen molar-refractivity contribution in [1.29, 1.82) is 0 Å². The second kappa shape index (κ2) is 18.3. The Bertz CT molecular complexity index is 2300. The molecular weight excluding hydrogens is 715 g/mol. The number of H-pyrrole nitrogens is 2. The Kier molecular flexibility index (Phi) is 13.5. The van der Waals surface area contributed by atoms with E-state index in [0.29, 0.717) is 47.4 Å². The van der Waals surface area contributed by atoms with Crippen molar-refractivity contribution in [1.82, 2.24) is 24.5 Å². The number of unbranched alkanes of at least 4 members (excludes halogenated alkanes) is 7. The van der Waals surface area contributed by atoms with Crippen LogP contribution in [0.5, 0.6) is 11.8 Å². The summed E-state index contributed by atoms with van der Waals surface area (Å²) in [6.07, 6.45) is 11.1. The Morgan fingerprint density at radius 3 is 2.23 bits per heavy atom. The van der Waals surface area contributed by atoms with Gasteiger partial charge in [-0.1, -0.05) is 72.6 Å². The molecule has 3 aliphatic rings. The maximum atomic E-state index is 12.6. The first-order chi connectivity index (χ1) is 27.4. The van der Waals surface area contributed by atoms with Crippen LogP contribution in [0.15, 0.2) is 18.2 Å². The molecule has 3 aromatic heterocycles. The molecular formula is C47H65N5O5. The van der Waals surface area contributed by atoms with Crippen molar-refractivity contribution in [2.75, 3.05) is 13.7 Å². The maximum Gasteiger partial charge on any atom is 0.305 e. The second-order valence-electron chi connectivity index (χ2n) is 16.3. The number of hydrogen-bond donors (Lipinski definition) is 4. The first-order valence-electron chi connectivity index (χ1n) is 21.5. The smallest absolute Gasteiger partial charge is 0.305 e. The van der Waals surface area contributed by atoms with Gasteiger partial charge in [-0.15, -0.1) is 0 Å². The lowest BCUT2D eigenvalue weighted by Gasteiger charge is -2.21. The van der Waals surface area contributed by atoms with E-state index in [1.54, 1.807) is 4.57 Å². The van der Waals surface area contributed by atoms with E-state index in [1.165, 1.54) is 31.1 Å². The molecule has 6 rings (SSSR count). The first-order valence-corrected chi connectivity index (χ1v) is 21.5. The second-order valence-corrected chi connectivity index (χ2v) is 16.3. The highest BCUT2D eigenvalue weighted by molar-refractivity contribution is 5.96. The number of carbonyl (C=O) groups excluding carboxylic acids is 1. The summed E-state index contributed by atoms with van der Waals surface area (Å²) in [4.78, 5) is 30.7. The number of methoxy groups -OCH3 is 1. The Morgan fingerprint density at radius 2 is 1.53 bits per heavy atom. The molecule has 308 valence electrons. The van der Waals surface area contributed by atoms with Gasteiger partial charge in [0, 0.05) is 64.7 Å². The van der Waals surface area contributed by atoms with Gasteiger partial charge in [-0.3, -0.25) is 14.3 Å². The lowest BCUT2D eigenvalue weighted by molar-refractivity contribution is -0.140. The van der Waals surface area contributed by atoms with E-state index in [1.807, 2.05) is 6.92 Å². The topological polar surface area (TPSA) is 138 Å². The predicted molar refractivity (Wildman–Crippen MR) is 231 cm³/mol. The molecule has 3 aromatic rings. The van der Waals surface area contributed by atoms with Gasteiger partial charge in [-0.2, -0.15) is 0 Å². The zero-order valence-corrected chi connectivity index (χ0v) is 35.8. The molecule has 0 amide bonds. The third kappa shape index (κ3) is 8.38. The number of aromatic nitrogens is 5. The summed E-state index contributed by atoms with van der Waals surface area (Å²) >= 11 is 0. The quantitative estimate of drug-likeness (QED) is 0.0544. The van der Waals surface area contributed by atoms with Gasteiger partial charge in [-0.25, -0.2) is 4.98 Å². The lowest BCUT2D eigenvalue weighted by Crippen LogP contribution is -2.09. The number of pyridine rings is 1. The molecule has 0 radical (unpaired) electrons. The largest absolute Gasteiger partial charge is 0.494 e. The van der Waals surface area contributed by atoms with Crippen LogP contribution in [0.4, 0.5) is 0 Å². The number of rotatable bonds is 17. The number of nitrogens with one attached hydrogen (secondary N) is 2. The van der Waals surface area contributed by atoms with Crippen LogP contribution in [0.25, 0.3) is 44.2 Å². The van der Waals surface area contributed by atoms with Crippen LogP contribution in [0.2, 0.25) is 0 Å². The normalized spacial score (nSPS) is 15.6. The van der Waals surface area contributed by atoms with Crippen LogP contribution >= 0.6 is 0 Å². The summed E-state index contributed by atoms with van der Waals surface area (Å²) in [5, 5.41) is 24.8. The standard InChI is InChI=1S/C47H65N5O5/c1-10-13-15-17-18-22-52-46(54)42-30(7)37-25-38-32(12-3)27(4)34(48-38)26-39-41(31(8)57-23-19-16-14-11-2)29(6)36(49-39)24-35-28(5)33(20-21-40(53)56-9)44(50-35)43(47(52)55)45(42)51-37/h24-26,28,31,33,48-49,54-55H,10-23H2,1-9H3/t28-,31?,33-/m0/s1. The lowest BCUT2D eigenvalue weighted by atomic mass is 9.85. The highest BCUT2D eigenvalue weighted by atomic mass is 16.5. The molecule has 1 unspecified atom stereocenters. The fourth-order valence-electron chi connectivity index (χ4n) is 9.03. The minimum absolute atomic E-state index is 0.00805. The molecule has 0 saturated carbocycles. The molecule has 3 atom stereocenters. The van der Waals surface area contributed by atoms with Crippen LogP contribution < -0.4 is 0 Å². The van der Waals surface area contributed by atoms with E-state index in [9.17, 15) is 15.0 Å². The molecule has 0 aromatic carbocycles. The van der Waals surface area contributed by atoms with Crippen molar-refractivity contribution in [2.24, 2.45) is 0 Å². The molecule has 0 aliphatic carbocycles. The van der Waals surface area contributed by atoms with Crippen molar-refractivity contribution in [3.63, 3.8) is 0 Å². The van der Waals surface area contributed by atoms with Crippen molar-refractivity contribution in [2.45, 2.75) is 157 Å². The monoisotopic (exact) mass is 779 g/mol. The third-order valence-electron chi connectivity index (χ3n) is 12.5. The maximum absolute atomic E-state index is 12.6. The van der Waals surface area contributed by atoms with Gasteiger partial charge in [0.05, 0.1) is 41.1 Å². The summed E-state index contributed by atoms with van der Waals surface area (Å²) in [7, 11) is 1.41. The Labute approximate surface area is 338 Å².